The first-order chi connectivity index (χ1) is 12.5. The van der Waals surface area contributed by atoms with E-state index in [-0.39, 0.29) is 22.8 Å². The smallest absolute Gasteiger partial charge is 0.297 e. The third-order valence-electron chi connectivity index (χ3n) is 3.87. The van der Waals surface area contributed by atoms with Gasteiger partial charge in [-0.15, -0.1) is 0 Å². The van der Waals surface area contributed by atoms with Gasteiger partial charge in [0.15, 0.2) is 0 Å². The molecule has 26 heavy (non-hydrogen) atoms. The van der Waals surface area contributed by atoms with Crippen molar-refractivity contribution in [3.05, 3.63) is 70.0 Å². The molecule has 0 radical (unpaired) electrons. The van der Waals surface area contributed by atoms with Gasteiger partial charge in [0.1, 0.15) is 23.5 Å². The summed E-state index contributed by atoms with van der Waals surface area (Å²) >= 11 is 5.88. The number of amides is 1. The number of halogens is 2. The molecule has 1 amide bonds. The van der Waals surface area contributed by atoms with Crippen molar-refractivity contribution in [2.75, 3.05) is 5.32 Å². The van der Waals surface area contributed by atoms with Gasteiger partial charge in [0.25, 0.3) is 5.56 Å². The minimum absolute atomic E-state index is 0.0663. The van der Waals surface area contributed by atoms with Gasteiger partial charge in [-0.1, -0.05) is 23.7 Å². The van der Waals surface area contributed by atoms with Crippen molar-refractivity contribution in [1.29, 1.82) is 0 Å². The lowest BCUT2D eigenvalue weighted by atomic mass is 10.2. The highest BCUT2D eigenvalue weighted by Gasteiger charge is 2.15. The summed E-state index contributed by atoms with van der Waals surface area (Å²) in [4.78, 5) is 29.0. The number of nitrogens with zero attached hydrogens (tertiary/aromatic N) is 2. The Hall–Kier alpha value is -3.19. The summed E-state index contributed by atoms with van der Waals surface area (Å²) in [6.07, 6.45) is 1.29. The molecule has 6 nitrogen and oxygen atoms in total. The van der Waals surface area contributed by atoms with Gasteiger partial charge in [-0.05, 0) is 30.3 Å². The lowest BCUT2D eigenvalue weighted by Gasteiger charge is -2.08. The van der Waals surface area contributed by atoms with Crippen molar-refractivity contribution in [3.63, 3.8) is 0 Å². The molecule has 2 aromatic carbocycles. The van der Waals surface area contributed by atoms with E-state index < -0.39 is 17.3 Å². The largest absolute Gasteiger partial charge is 0.448 e. The number of hydrogen-bond acceptors (Lipinski definition) is 4. The van der Waals surface area contributed by atoms with Crippen LogP contribution in [0.1, 0.15) is 0 Å². The van der Waals surface area contributed by atoms with Crippen LogP contribution in [0.4, 0.5) is 10.1 Å². The monoisotopic (exact) mass is 371 g/mol. The highest BCUT2D eigenvalue weighted by molar-refractivity contribution is 6.33. The Morgan fingerprint density at radius 2 is 2.08 bits per heavy atom. The molecule has 0 fully saturated rings. The summed E-state index contributed by atoms with van der Waals surface area (Å²) in [5, 5.41) is 3.33. The molecule has 0 aliphatic rings. The number of carbonyl (C=O) groups excluding carboxylic acids is 1. The highest BCUT2D eigenvalue weighted by Crippen LogP contribution is 2.24. The first kappa shape index (κ1) is 16.3. The van der Waals surface area contributed by atoms with E-state index >= 15 is 0 Å². The number of rotatable bonds is 3. The normalized spacial score (nSPS) is 11.2. The van der Waals surface area contributed by atoms with Gasteiger partial charge in [-0.3, -0.25) is 14.2 Å². The maximum atomic E-state index is 13.1. The van der Waals surface area contributed by atoms with E-state index in [0.717, 1.165) is 16.0 Å². The number of nitrogens with one attached hydrogen (secondary N) is 1. The molecule has 4 rings (SSSR count). The average Bonchev–Trinajstić information content (AvgIpc) is 2.99. The highest BCUT2D eigenvalue weighted by atomic mass is 35.5. The van der Waals surface area contributed by atoms with E-state index in [1.54, 1.807) is 18.2 Å². The zero-order valence-electron chi connectivity index (χ0n) is 13.2. The Morgan fingerprint density at radius 3 is 2.88 bits per heavy atom. The maximum absolute atomic E-state index is 13.1. The predicted molar refractivity (Wildman–Crippen MR) is 95.8 cm³/mol. The van der Waals surface area contributed by atoms with E-state index in [4.69, 9.17) is 16.0 Å². The van der Waals surface area contributed by atoms with Crippen molar-refractivity contribution < 1.29 is 13.6 Å². The second-order valence-electron chi connectivity index (χ2n) is 5.63. The molecule has 0 unspecified atom stereocenters. The number of furan rings is 1. The molecule has 0 saturated carbocycles. The summed E-state index contributed by atoms with van der Waals surface area (Å²) in [5.74, 6) is -1.01. The molecule has 1 N–H and O–H groups in total. The zero-order chi connectivity index (χ0) is 18.3. The second-order valence-corrected chi connectivity index (χ2v) is 6.03. The molecule has 130 valence electrons. The number of para-hydroxylation sites is 1. The van der Waals surface area contributed by atoms with E-state index in [1.807, 2.05) is 6.07 Å². The van der Waals surface area contributed by atoms with Gasteiger partial charge in [0, 0.05) is 5.39 Å². The van der Waals surface area contributed by atoms with E-state index in [0.29, 0.717) is 11.1 Å². The minimum atomic E-state index is -0.510. The summed E-state index contributed by atoms with van der Waals surface area (Å²) in [6, 6.07) is 10.8. The van der Waals surface area contributed by atoms with Gasteiger partial charge in [0.2, 0.25) is 11.5 Å². The van der Waals surface area contributed by atoms with E-state index in [2.05, 4.69) is 10.3 Å². The fourth-order valence-corrected chi connectivity index (χ4v) is 2.88. The van der Waals surface area contributed by atoms with Crippen molar-refractivity contribution in [3.8, 4) is 0 Å². The Balaban J connectivity index is 1.64. The third kappa shape index (κ3) is 2.82. The van der Waals surface area contributed by atoms with Crippen LogP contribution in [0.25, 0.3) is 22.1 Å². The van der Waals surface area contributed by atoms with Gasteiger partial charge in [-0.2, -0.15) is 0 Å². The molecule has 4 aromatic rings. The quantitative estimate of drug-likeness (QED) is 0.597. The fraction of sp³-hybridized carbons (Fsp3) is 0.0556. The van der Waals surface area contributed by atoms with Crippen LogP contribution in [0.3, 0.4) is 0 Å². The summed E-state index contributed by atoms with van der Waals surface area (Å²) in [6.45, 7) is -0.285. The maximum Gasteiger partial charge on any atom is 0.297 e. The predicted octanol–water partition coefficient (Wildman–Crippen LogP) is 3.57. The number of carbonyl (C=O) groups is 1. The molecular formula is C18H11ClFN3O3. The van der Waals surface area contributed by atoms with Crippen molar-refractivity contribution in [2.24, 2.45) is 0 Å². The zero-order valence-corrected chi connectivity index (χ0v) is 14.0. The molecule has 0 aliphatic heterocycles. The Morgan fingerprint density at radius 1 is 1.27 bits per heavy atom. The minimum Gasteiger partial charge on any atom is -0.448 e. The topological polar surface area (TPSA) is 77.1 Å². The summed E-state index contributed by atoms with van der Waals surface area (Å²) < 4.78 is 19.8. The Labute approximate surface area is 150 Å². The Bertz CT molecular complexity index is 1220. The molecule has 8 heteroatoms. The number of fused-ring (bicyclic) bond motifs is 3. The molecule has 0 aliphatic carbocycles. The second kappa shape index (κ2) is 6.27. The van der Waals surface area contributed by atoms with Crippen molar-refractivity contribution in [2.45, 2.75) is 6.54 Å². The number of anilines is 1. The standard InChI is InChI=1S/C18H11ClFN3O3/c19-12-7-10(20)5-6-13(12)22-15(24)8-23-9-21-16-11-3-1-2-4-14(11)26-17(16)18(23)25/h1-7,9H,8H2,(H,22,24). The first-order valence-corrected chi connectivity index (χ1v) is 8.02. The van der Waals surface area contributed by atoms with Gasteiger partial charge >= 0.3 is 0 Å². The van der Waals surface area contributed by atoms with Crippen LogP contribution < -0.4 is 10.9 Å². The van der Waals surface area contributed by atoms with Crippen LogP contribution in [-0.2, 0) is 11.3 Å². The molecule has 0 spiro atoms. The summed E-state index contributed by atoms with van der Waals surface area (Å²) in [5.41, 5.74) is 0.869. The molecule has 0 bridgehead atoms. The van der Waals surface area contributed by atoms with Crippen molar-refractivity contribution in [1.82, 2.24) is 9.55 Å². The van der Waals surface area contributed by atoms with Gasteiger partial charge in [0.05, 0.1) is 17.0 Å². The first-order valence-electron chi connectivity index (χ1n) is 7.64. The van der Waals surface area contributed by atoms with Crippen LogP contribution in [0, 0.1) is 5.82 Å². The fourth-order valence-electron chi connectivity index (χ4n) is 2.66. The lowest BCUT2D eigenvalue weighted by Crippen LogP contribution is -2.27. The molecule has 0 atom stereocenters. The third-order valence-corrected chi connectivity index (χ3v) is 4.18. The molecule has 2 aromatic heterocycles. The summed E-state index contributed by atoms with van der Waals surface area (Å²) in [7, 11) is 0. The van der Waals surface area contributed by atoms with Crippen LogP contribution >= 0.6 is 11.6 Å². The SMILES string of the molecule is O=C(Cn1cnc2c(oc3ccccc32)c1=O)Nc1ccc(F)cc1Cl. The van der Waals surface area contributed by atoms with Crippen LogP contribution in [0.2, 0.25) is 5.02 Å². The van der Waals surface area contributed by atoms with Gasteiger partial charge < -0.3 is 9.73 Å². The number of aromatic nitrogens is 2. The van der Waals surface area contributed by atoms with Crippen LogP contribution in [-0.4, -0.2) is 15.5 Å². The van der Waals surface area contributed by atoms with Gasteiger partial charge in [-0.25, -0.2) is 9.37 Å². The molecule has 0 saturated heterocycles. The van der Waals surface area contributed by atoms with E-state index in [1.165, 1.54) is 18.5 Å². The van der Waals surface area contributed by atoms with E-state index in [9.17, 15) is 14.0 Å². The number of hydrogen-bond donors (Lipinski definition) is 1. The van der Waals surface area contributed by atoms with Crippen LogP contribution in [0.5, 0.6) is 0 Å². The number of benzene rings is 2. The molecule has 2 heterocycles. The lowest BCUT2D eigenvalue weighted by molar-refractivity contribution is -0.116. The molecular weight excluding hydrogens is 361 g/mol. The average molecular weight is 372 g/mol. The van der Waals surface area contributed by atoms with Crippen LogP contribution in [0.15, 0.2) is 58.0 Å². The van der Waals surface area contributed by atoms with Crippen molar-refractivity contribution >= 4 is 45.3 Å². The Kier molecular flexibility index (Phi) is 3.93.